The zero-order chi connectivity index (χ0) is 12.5. The van der Waals surface area contributed by atoms with Crippen LogP contribution in [0.1, 0.15) is 29.6 Å². The van der Waals surface area contributed by atoms with Gasteiger partial charge in [-0.3, -0.25) is 4.79 Å². The van der Waals surface area contributed by atoms with Gasteiger partial charge in [0.25, 0.3) is 0 Å². The van der Waals surface area contributed by atoms with Crippen molar-refractivity contribution in [2.75, 3.05) is 18.0 Å². The highest BCUT2D eigenvalue weighted by atomic mass is 16.1. The van der Waals surface area contributed by atoms with Gasteiger partial charge in [-0.15, -0.1) is 0 Å². The van der Waals surface area contributed by atoms with Gasteiger partial charge in [-0.05, 0) is 31.4 Å². The lowest BCUT2D eigenvalue weighted by Gasteiger charge is -2.25. The number of carbonyl (C=O) groups is 1. The molecule has 0 radical (unpaired) electrons. The van der Waals surface area contributed by atoms with Crippen LogP contribution >= 0.6 is 0 Å². The van der Waals surface area contributed by atoms with Gasteiger partial charge in [0.1, 0.15) is 5.82 Å². The molecule has 0 aliphatic carbocycles. The van der Waals surface area contributed by atoms with E-state index in [0.29, 0.717) is 17.6 Å². The van der Waals surface area contributed by atoms with Crippen molar-refractivity contribution in [2.45, 2.75) is 31.3 Å². The average Bonchev–Trinajstić information content (AvgIpc) is 2.69. The second-order valence-corrected chi connectivity index (χ2v) is 5.14. The summed E-state index contributed by atoms with van der Waals surface area (Å²) in [5.41, 5.74) is 5.68. The summed E-state index contributed by atoms with van der Waals surface area (Å²) in [5, 5.41) is 3.64. The molecule has 3 N–H and O–H groups in total. The van der Waals surface area contributed by atoms with Crippen LogP contribution in [0.5, 0.6) is 0 Å². The van der Waals surface area contributed by atoms with Crippen LogP contribution in [0.3, 0.4) is 0 Å². The normalized spacial score (nSPS) is 27.0. The molecule has 2 unspecified atom stereocenters. The zero-order valence-corrected chi connectivity index (χ0v) is 10.3. The number of nitrogens with zero attached hydrogens (tertiary/aromatic N) is 2. The van der Waals surface area contributed by atoms with E-state index in [-0.39, 0.29) is 0 Å². The molecule has 1 aromatic heterocycles. The third-order valence-corrected chi connectivity index (χ3v) is 3.88. The SMILES string of the molecule is NC(=O)c1ccc(N2CCC3CCC(C2)N3)nc1. The highest BCUT2D eigenvalue weighted by Gasteiger charge is 2.29. The van der Waals surface area contributed by atoms with Crippen LogP contribution in [0, 0.1) is 0 Å². The molecule has 2 aliphatic rings. The summed E-state index contributed by atoms with van der Waals surface area (Å²) in [6.07, 6.45) is 5.27. The minimum Gasteiger partial charge on any atom is -0.366 e. The topological polar surface area (TPSA) is 71.2 Å². The van der Waals surface area contributed by atoms with Crippen molar-refractivity contribution in [3.05, 3.63) is 23.9 Å². The maximum atomic E-state index is 11.0. The average molecular weight is 246 g/mol. The van der Waals surface area contributed by atoms with E-state index in [0.717, 1.165) is 25.3 Å². The van der Waals surface area contributed by atoms with Crippen molar-refractivity contribution in [3.63, 3.8) is 0 Å². The van der Waals surface area contributed by atoms with Crippen molar-refractivity contribution in [3.8, 4) is 0 Å². The third kappa shape index (κ3) is 2.18. The van der Waals surface area contributed by atoms with Crippen molar-refractivity contribution < 1.29 is 4.79 Å². The quantitative estimate of drug-likeness (QED) is 0.797. The fourth-order valence-corrected chi connectivity index (χ4v) is 2.87. The lowest BCUT2D eigenvalue weighted by Crippen LogP contribution is -2.35. The Labute approximate surface area is 106 Å². The molecule has 2 atom stereocenters. The van der Waals surface area contributed by atoms with Crippen molar-refractivity contribution >= 4 is 11.7 Å². The number of rotatable bonds is 2. The number of aromatic nitrogens is 1. The number of anilines is 1. The number of hydrogen-bond donors (Lipinski definition) is 2. The molecule has 3 heterocycles. The van der Waals surface area contributed by atoms with Crippen LogP contribution in [0.2, 0.25) is 0 Å². The lowest BCUT2D eigenvalue weighted by atomic mass is 10.1. The predicted octanol–water partition coefficient (Wildman–Crippen LogP) is 0.511. The number of amides is 1. The first-order valence-electron chi connectivity index (χ1n) is 6.49. The number of nitrogens with one attached hydrogen (secondary N) is 1. The number of hydrogen-bond acceptors (Lipinski definition) is 4. The molecule has 1 amide bonds. The highest BCUT2D eigenvalue weighted by molar-refractivity contribution is 5.92. The van der Waals surface area contributed by atoms with Crippen LogP contribution in [0.4, 0.5) is 5.82 Å². The van der Waals surface area contributed by atoms with Crippen LogP contribution in [0.15, 0.2) is 18.3 Å². The summed E-state index contributed by atoms with van der Waals surface area (Å²) >= 11 is 0. The van der Waals surface area contributed by atoms with Gasteiger partial charge in [0.05, 0.1) is 5.56 Å². The Balaban J connectivity index is 1.75. The first kappa shape index (κ1) is 11.5. The number of carbonyl (C=O) groups excluding carboxylic acids is 1. The summed E-state index contributed by atoms with van der Waals surface area (Å²) in [5.74, 6) is 0.514. The van der Waals surface area contributed by atoms with E-state index in [1.807, 2.05) is 6.07 Å². The molecule has 96 valence electrons. The van der Waals surface area contributed by atoms with E-state index in [1.165, 1.54) is 12.8 Å². The molecule has 2 bridgehead atoms. The molecular formula is C13H18N4O. The molecule has 0 saturated carbocycles. The Hall–Kier alpha value is -1.62. The van der Waals surface area contributed by atoms with Gasteiger partial charge in [0.2, 0.25) is 5.91 Å². The summed E-state index contributed by atoms with van der Waals surface area (Å²) < 4.78 is 0. The molecule has 2 fully saturated rings. The van der Waals surface area contributed by atoms with Gasteiger partial charge in [-0.2, -0.15) is 0 Å². The molecule has 5 nitrogen and oxygen atoms in total. The predicted molar refractivity (Wildman–Crippen MR) is 69.5 cm³/mol. The summed E-state index contributed by atoms with van der Waals surface area (Å²) in [4.78, 5) is 17.6. The maximum Gasteiger partial charge on any atom is 0.250 e. The second-order valence-electron chi connectivity index (χ2n) is 5.14. The minimum atomic E-state index is -0.425. The first-order valence-corrected chi connectivity index (χ1v) is 6.49. The standard InChI is InChI=1S/C13H18N4O/c14-13(18)9-1-4-12(15-7-9)17-6-5-10-2-3-11(8-17)16-10/h1,4,7,10-11,16H,2-3,5-6,8H2,(H2,14,18). The van der Waals surface area contributed by atoms with Gasteiger partial charge >= 0.3 is 0 Å². The van der Waals surface area contributed by atoms with Gasteiger partial charge in [-0.1, -0.05) is 0 Å². The molecule has 1 aromatic rings. The van der Waals surface area contributed by atoms with Crippen molar-refractivity contribution in [1.29, 1.82) is 0 Å². The fraction of sp³-hybridized carbons (Fsp3) is 0.538. The smallest absolute Gasteiger partial charge is 0.250 e. The van der Waals surface area contributed by atoms with Gasteiger partial charge in [0, 0.05) is 31.4 Å². The fourth-order valence-electron chi connectivity index (χ4n) is 2.87. The van der Waals surface area contributed by atoms with E-state index < -0.39 is 5.91 Å². The van der Waals surface area contributed by atoms with Crippen molar-refractivity contribution in [2.24, 2.45) is 5.73 Å². The Morgan fingerprint density at radius 1 is 1.33 bits per heavy atom. The van der Waals surface area contributed by atoms with Crippen LogP contribution < -0.4 is 16.0 Å². The number of pyridine rings is 1. The van der Waals surface area contributed by atoms with E-state index in [2.05, 4.69) is 15.2 Å². The number of primary amides is 1. The summed E-state index contributed by atoms with van der Waals surface area (Å²) in [6, 6.07) is 4.89. The molecule has 3 rings (SSSR count). The molecule has 0 aromatic carbocycles. The molecule has 2 saturated heterocycles. The maximum absolute atomic E-state index is 11.0. The first-order chi connectivity index (χ1) is 8.72. The summed E-state index contributed by atoms with van der Waals surface area (Å²) in [6.45, 7) is 2.02. The zero-order valence-electron chi connectivity index (χ0n) is 10.3. The van der Waals surface area contributed by atoms with Crippen LogP contribution in [0.25, 0.3) is 0 Å². The van der Waals surface area contributed by atoms with E-state index in [4.69, 9.17) is 5.73 Å². The molecule has 0 spiro atoms. The molecular weight excluding hydrogens is 228 g/mol. The van der Waals surface area contributed by atoms with E-state index in [9.17, 15) is 4.79 Å². The van der Waals surface area contributed by atoms with Crippen LogP contribution in [-0.2, 0) is 0 Å². The summed E-state index contributed by atoms with van der Waals surface area (Å²) in [7, 11) is 0. The minimum absolute atomic E-state index is 0.425. The van der Waals surface area contributed by atoms with Crippen molar-refractivity contribution in [1.82, 2.24) is 10.3 Å². The Bertz CT molecular complexity index is 445. The van der Waals surface area contributed by atoms with Gasteiger partial charge < -0.3 is 16.0 Å². The Morgan fingerprint density at radius 2 is 2.17 bits per heavy atom. The van der Waals surface area contributed by atoms with E-state index in [1.54, 1.807) is 12.3 Å². The largest absolute Gasteiger partial charge is 0.366 e. The molecule has 2 aliphatic heterocycles. The second kappa shape index (κ2) is 4.57. The third-order valence-electron chi connectivity index (χ3n) is 3.88. The Morgan fingerprint density at radius 3 is 2.89 bits per heavy atom. The molecule has 5 heteroatoms. The highest BCUT2D eigenvalue weighted by Crippen LogP contribution is 2.23. The Kier molecular flexibility index (Phi) is 2.91. The van der Waals surface area contributed by atoms with Gasteiger partial charge in [-0.25, -0.2) is 4.98 Å². The lowest BCUT2D eigenvalue weighted by molar-refractivity contribution is 0.1000. The number of nitrogens with two attached hydrogens (primary N) is 1. The van der Waals surface area contributed by atoms with E-state index >= 15 is 0 Å². The van der Waals surface area contributed by atoms with Crippen LogP contribution in [-0.4, -0.2) is 36.1 Å². The monoisotopic (exact) mass is 246 g/mol. The number of fused-ring (bicyclic) bond motifs is 2. The van der Waals surface area contributed by atoms with Gasteiger partial charge in [0.15, 0.2) is 0 Å². The molecule has 18 heavy (non-hydrogen) atoms.